The van der Waals surface area contributed by atoms with Gasteiger partial charge in [0.1, 0.15) is 0 Å². The minimum absolute atomic E-state index is 0.0427. The summed E-state index contributed by atoms with van der Waals surface area (Å²) in [6, 6.07) is 4.51. The van der Waals surface area contributed by atoms with Crippen LogP contribution < -0.4 is 20.2 Å². The third-order valence-corrected chi connectivity index (χ3v) is 2.79. The Hall–Kier alpha value is -2.00. The summed E-state index contributed by atoms with van der Waals surface area (Å²) in [4.78, 5) is 0. The Balaban J connectivity index is 2.61. The first-order chi connectivity index (χ1) is 11.0. The van der Waals surface area contributed by atoms with Crippen molar-refractivity contribution in [2.45, 2.75) is 19.6 Å². The Bertz CT molecular complexity index is 544. The lowest BCUT2D eigenvalue weighted by atomic mass is 10.2. The van der Waals surface area contributed by atoms with Gasteiger partial charge in [0, 0.05) is 13.2 Å². The van der Waals surface area contributed by atoms with Crippen LogP contribution in [0.3, 0.4) is 0 Å². The van der Waals surface area contributed by atoms with E-state index < -0.39 is 6.61 Å². The van der Waals surface area contributed by atoms with Crippen molar-refractivity contribution in [2.24, 2.45) is 5.10 Å². The normalized spacial score (nSPS) is 12.3. The number of hydrogen-bond donors (Lipinski definition) is 2. The van der Waals surface area contributed by atoms with Gasteiger partial charge in [-0.2, -0.15) is 13.9 Å². The van der Waals surface area contributed by atoms with Crippen molar-refractivity contribution in [3.05, 3.63) is 23.8 Å². The molecule has 9 heteroatoms. The molecular formula is C14H19F2N3O3S. The highest BCUT2D eigenvalue weighted by molar-refractivity contribution is 7.80. The number of halogens is 2. The SMILES string of the molecule is COC[C@@H](C)NC(=S)N/N=C\c1ccc(OC(F)F)c(OC)c1. The van der Waals surface area contributed by atoms with E-state index in [1.54, 1.807) is 13.2 Å². The van der Waals surface area contributed by atoms with Crippen molar-refractivity contribution in [1.82, 2.24) is 10.7 Å². The van der Waals surface area contributed by atoms with E-state index in [2.05, 4.69) is 20.6 Å². The second-order valence-corrected chi connectivity index (χ2v) is 4.90. The number of ether oxygens (including phenoxy) is 3. The summed E-state index contributed by atoms with van der Waals surface area (Å²) in [6.45, 7) is -0.495. The van der Waals surface area contributed by atoms with Crippen LogP contribution in [0.1, 0.15) is 12.5 Å². The Morgan fingerprint density at radius 2 is 2.09 bits per heavy atom. The highest BCUT2D eigenvalue weighted by Crippen LogP contribution is 2.28. The van der Waals surface area contributed by atoms with Gasteiger partial charge in [-0.05, 0) is 42.9 Å². The molecule has 0 aliphatic heterocycles. The standard InChI is InChI=1S/C14H19F2N3O3S/c1-9(8-20-2)18-14(23)19-17-7-10-4-5-11(22-13(15)16)12(6-10)21-3/h4-7,9,13H,8H2,1-3H3,(H2,18,19,23)/b17-7-/t9-/m1/s1. The molecule has 0 radical (unpaired) electrons. The van der Waals surface area contributed by atoms with Crippen molar-refractivity contribution in [3.8, 4) is 11.5 Å². The second kappa shape index (κ2) is 9.90. The molecule has 0 heterocycles. The summed E-state index contributed by atoms with van der Waals surface area (Å²) in [6.07, 6.45) is 1.48. The molecule has 0 bridgehead atoms. The number of alkyl halides is 2. The van der Waals surface area contributed by atoms with Gasteiger partial charge in [0.05, 0.1) is 19.9 Å². The Labute approximate surface area is 138 Å². The van der Waals surface area contributed by atoms with Crippen LogP contribution in [-0.4, -0.2) is 44.8 Å². The molecule has 0 saturated heterocycles. The number of thiocarbonyl (C=S) groups is 1. The fraction of sp³-hybridized carbons (Fsp3) is 0.429. The number of nitrogens with one attached hydrogen (secondary N) is 2. The number of benzene rings is 1. The lowest BCUT2D eigenvalue weighted by molar-refractivity contribution is -0.0512. The summed E-state index contributed by atoms with van der Waals surface area (Å²) in [5.41, 5.74) is 3.28. The van der Waals surface area contributed by atoms with Gasteiger partial charge in [-0.3, -0.25) is 5.43 Å². The molecule has 0 aliphatic carbocycles. The van der Waals surface area contributed by atoms with Crippen LogP contribution in [0.2, 0.25) is 0 Å². The average molecular weight is 347 g/mol. The molecule has 0 aliphatic rings. The van der Waals surface area contributed by atoms with Gasteiger partial charge in [-0.1, -0.05) is 0 Å². The zero-order valence-corrected chi connectivity index (χ0v) is 13.8. The van der Waals surface area contributed by atoms with Crippen molar-refractivity contribution in [2.75, 3.05) is 20.8 Å². The zero-order valence-electron chi connectivity index (χ0n) is 13.0. The van der Waals surface area contributed by atoms with Crippen LogP contribution in [0.4, 0.5) is 8.78 Å². The molecular weight excluding hydrogens is 328 g/mol. The molecule has 0 spiro atoms. The fourth-order valence-electron chi connectivity index (χ4n) is 1.67. The van der Waals surface area contributed by atoms with E-state index >= 15 is 0 Å². The number of hydrogen-bond acceptors (Lipinski definition) is 5. The molecule has 0 fully saturated rings. The maximum absolute atomic E-state index is 12.2. The Morgan fingerprint density at radius 3 is 2.70 bits per heavy atom. The summed E-state index contributed by atoms with van der Waals surface area (Å²) in [5, 5.41) is 7.27. The van der Waals surface area contributed by atoms with Gasteiger partial charge in [-0.15, -0.1) is 0 Å². The average Bonchev–Trinajstić information content (AvgIpc) is 2.48. The summed E-state index contributed by atoms with van der Waals surface area (Å²) < 4.78 is 38.8. The first-order valence-electron chi connectivity index (χ1n) is 6.67. The van der Waals surface area contributed by atoms with Crippen LogP contribution >= 0.6 is 12.2 Å². The molecule has 128 valence electrons. The second-order valence-electron chi connectivity index (χ2n) is 4.49. The van der Waals surface area contributed by atoms with E-state index in [0.717, 1.165) is 0 Å². The molecule has 1 rings (SSSR count). The Morgan fingerprint density at radius 1 is 1.35 bits per heavy atom. The van der Waals surface area contributed by atoms with Crippen LogP contribution in [0, 0.1) is 0 Å². The number of hydrazone groups is 1. The van der Waals surface area contributed by atoms with Gasteiger partial charge >= 0.3 is 6.61 Å². The van der Waals surface area contributed by atoms with E-state index in [0.29, 0.717) is 17.3 Å². The summed E-state index contributed by atoms with van der Waals surface area (Å²) in [5.74, 6) is 0.141. The maximum atomic E-state index is 12.2. The molecule has 0 saturated carbocycles. The van der Waals surface area contributed by atoms with Gasteiger partial charge in [0.2, 0.25) is 0 Å². The van der Waals surface area contributed by atoms with Crippen molar-refractivity contribution < 1.29 is 23.0 Å². The highest BCUT2D eigenvalue weighted by atomic mass is 32.1. The molecule has 23 heavy (non-hydrogen) atoms. The van der Waals surface area contributed by atoms with Crippen molar-refractivity contribution in [3.63, 3.8) is 0 Å². The van der Waals surface area contributed by atoms with Crippen LogP contribution in [0.15, 0.2) is 23.3 Å². The van der Waals surface area contributed by atoms with Crippen molar-refractivity contribution in [1.29, 1.82) is 0 Å². The predicted molar refractivity (Wildman–Crippen MR) is 87.4 cm³/mol. The van der Waals surface area contributed by atoms with Crippen LogP contribution in [0.5, 0.6) is 11.5 Å². The first kappa shape index (κ1) is 19.0. The first-order valence-corrected chi connectivity index (χ1v) is 7.08. The van der Waals surface area contributed by atoms with Crippen LogP contribution in [0.25, 0.3) is 0 Å². The van der Waals surface area contributed by atoms with E-state index in [1.165, 1.54) is 25.5 Å². The third kappa shape index (κ3) is 7.20. The van der Waals surface area contributed by atoms with E-state index in [4.69, 9.17) is 21.7 Å². The zero-order chi connectivity index (χ0) is 17.2. The summed E-state index contributed by atoms with van der Waals surface area (Å²) >= 11 is 5.06. The summed E-state index contributed by atoms with van der Waals surface area (Å²) in [7, 11) is 2.96. The van der Waals surface area contributed by atoms with Gasteiger partial charge in [-0.25, -0.2) is 0 Å². The molecule has 1 aromatic carbocycles. The smallest absolute Gasteiger partial charge is 0.387 e. The largest absolute Gasteiger partial charge is 0.493 e. The number of nitrogens with zero attached hydrogens (tertiary/aromatic N) is 1. The van der Waals surface area contributed by atoms with Crippen LogP contribution in [-0.2, 0) is 4.74 Å². The Kier molecular flexibility index (Phi) is 8.20. The monoisotopic (exact) mass is 347 g/mol. The fourth-order valence-corrected chi connectivity index (χ4v) is 1.92. The molecule has 1 atom stereocenters. The van der Waals surface area contributed by atoms with Crippen molar-refractivity contribution >= 4 is 23.5 Å². The highest BCUT2D eigenvalue weighted by Gasteiger charge is 2.10. The lowest BCUT2D eigenvalue weighted by Crippen LogP contribution is -2.40. The van der Waals surface area contributed by atoms with E-state index in [1.807, 2.05) is 6.92 Å². The molecule has 0 aromatic heterocycles. The minimum atomic E-state index is -2.91. The lowest BCUT2D eigenvalue weighted by Gasteiger charge is -2.13. The molecule has 0 unspecified atom stereocenters. The van der Waals surface area contributed by atoms with E-state index in [9.17, 15) is 8.78 Å². The number of methoxy groups -OCH3 is 2. The maximum Gasteiger partial charge on any atom is 0.387 e. The minimum Gasteiger partial charge on any atom is -0.493 e. The third-order valence-electron chi connectivity index (χ3n) is 2.58. The van der Waals surface area contributed by atoms with Gasteiger partial charge in [0.25, 0.3) is 0 Å². The van der Waals surface area contributed by atoms with E-state index in [-0.39, 0.29) is 17.5 Å². The molecule has 6 nitrogen and oxygen atoms in total. The molecule has 0 amide bonds. The van der Waals surface area contributed by atoms with Gasteiger partial charge < -0.3 is 19.5 Å². The topological polar surface area (TPSA) is 64.1 Å². The predicted octanol–water partition coefficient (Wildman–Crippen LogP) is 2.13. The number of rotatable bonds is 8. The quantitative estimate of drug-likeness (QED) is 0.427. The van der Waals surface area contributed by atoms with Gasteiger partial charge in [0.15, 0.2) is 16.6 Å². The molecule has 1 aromatic rings. The molecule has 2 N–H and O–H groups in total.